The lowest BCUT2D eigenvalue weighted by atomic mass is 9.45. The third-order valence-electron chi connectivity index (χ3n) is 8.46. The van der Waals surface area contributed by atoms with Gasteiger partial charge in [-0.15, -0.1) is 0 Å². The highest BCUT2D eigenvalue weighted by atomic mass is 79.9. The van der Waals surface area contributed by atoms with E-state index in [0.29, 0.717) is 0 Å². The van der Waals surface area contributed by atoms with Gasteiger partial charge < -0.3 is 17.0 Å². The molecule has 0 bridgehead atoms. The summed E-state index contributed by atoms with van der Waals surface area (Å²) in [5.74, 6) is 3.42. The summed E-state index contributed by atoms with van der Waals surface area (Å²) in [6.45, 7) is 0. The highest BCUT2D eigenvalue weighted by Crippen LogP contribution is 2.63. The van der Waals surface area contributed by atoms with Crippen molar-refractivity contribution in [1.82, 2.24) is 0 Å². The predicted octanol–water partition coefficient (Wildman–Crippen LogP) is 4.89. The quantitative estimate of drug-likeness (QED) is 0.264. The second-order valence-corrected chi connectivity index (χ2v) is 10.5. The molecule has 0 nitrogen and oxygen atoms in total. The Hall–Kier alpha value is 0.910. The fourth-order valence-corrected chi connectivity index (χ4v) is 6.65. The van der Waals surface area contributed by atoms with Gasteiger partial charge in [0.25, 0.3) is 0 Å². The highest BCUT2D eigenvalue weighted by Gasteiger charge is 2.54. The minimum Gasteiger partial charge on any atom is -1.00 e. The van der Waals surface area contributed by atoms with Crippen molar-refractivity contribution in [2.45, 2.75) is 122 Å². The molecule has 0 aromatic rings. The second-order valence-electron chi connectivity index (χ2n) is 9.78. The van der Waals surface area contributed by atoms with Gasteiger partial charge in [0.2, 0.25) is 0 Å². The number of unbranched alkanes of at least 4 members (excludes halogenated alkanes) is 8. The van der Waals surface area contributed by atoms with Gasteiger partial charge in [-0.25, -0.2) is 0 Å². The SMILES string of the molecule is [Br-].[PH3+]CCCCCCCCCCCC(C1CCC1)(C1CCC1)C1CCC1. The summed E-state index contributed by atoms with van der Waals surface area (Å²) >= 11 is 0. The Kier molecular flexibility index (Phi) is 11.1. The highest BCUT2D eigenvalue weighted by molar-refractivity contribution is 7.16. The number of rotatable bonds is 14. The Labute approximate surface area is 177 Å². The standard InChI is InChI=1S/C24H45P.BrH/c25-20-9-7-5-3-1-2-4-6-8-19-24(21-13-10-14-21,22-15-11-16-22)23-17-12-18-23;/h21-23H,1-20,25H2;1H. The lowest BCUT2D eigenvalue weighted by Crippen LogP contribution is -3.00. The maximum Gasteiger partial charge on any atom is 0.0526 e. The van der Waals surface area contributed by atoms with Gasteiger partial charge in [-0.2, -0.15) is 0 Å². The van der Waals surface area contributed by atoms with Crippen molar-refractivity contribution in [2.75, 3.05) is 6.16 Å². The first kappa shape index (κ1) is 23.2. The molecule has 0 aromatic heterocycles. The average molecular weight is 446 g/mol. The molecule has 0 aromatic carbocycles. The average Bonchev–Trinajstić information content (AvgIpc) is 2.43. The first-order chi connectivity index (χ1) is 12.4. The largest absolute Gasteiger partial charge is 1.00 e. The topological polar surface area (TPSA) is 0 Å². The predicted molar refractivity (Wildman–Crippen MR) is 117 cm³/mol. The molecule has 0 saturated heterocycles. The third kappa shape index (κ3) is 5.72. The molecular weight excluding hydrogens is 399 g/mol. The molecule has 0 spiro atoms. The summed E-state index contributed by atoms with van der Waals surface area (Å²) in [6.07, 6.45) is 30.8. The van der Waals surface area contributed by atoms with Crippen molar-refractivity contribution in [2.24, 2.45) is 23.2 Å². The van der Waals surface area contributed by atoms with Gasteiger partial charge >= 0.3 is 0 Å². The Morgan fingerprint density at radius 3 is 1.19 bits per heavy atom. The number of hydrogen-bond donors (Lipinski definition) is 0. The van der Waals surface area contributed by atoms with Crippen LogP contribution in [0.15, 0.2) is 0 Å². The van der Waals surface area contributed by atoms with Gasteiger partial charge in [-0.05, 0) is 90.2 Å². The van der Waals surface area contributed by atoms with E-state index >= 15 is 0 Å². The Morgan fingerprint density at radius 1 is 0.538 bits per heavy atom. The van der Waals surface area contributed by atoms with Crippen molar-refractivity contribution in [3.05, 3.63) is 0 Å². The summed E-state index contributed by atoms with van der Waals surface area (Å²) in [5, 5.41) is 0. The Bertz CT molecular complexity index is 321. The molecule has 3 fully saturated rings. The lowest BCUT2D eigenvalue weighted by molar-refractivity contribution is -0.102. The van der Waals surface area contributed by atoms with Crippen LogP contribution in [0.4, 0.5) is 0 Å². The van der Waals surface area contributed by atoms with E-state index in [-0.39, 0.29) is 17.0 Å². The van der Waals surface area contributed by atoms with E-state index in [1.807, 2.05) is 0 Å². The van der Waals surface area contributed by atoms with Crippen molar-refractivity contribution < 1.29 is 17.0 Å². The molecule has 0 N–H and O–H groups in total. The molecule has 3 aliphatic rings. The lowest BCUT2D eigenvalue weighted by Gasteiger charge is -2.60. The van der Waals surface area contributed by atoms with Crippen LogP contribution in [0, 0.1) is 23.2 Å². The fourth-order valence-electron chi connectivity index (χ4n) is 6.29. The molecule has 0 radical (unpaired) electrons. The molecule has 1 atom stereocenters. The second kappa shape index (κ2) is 12.5. The molecule has 0 amide bonds. The monoisotopic (exact) mass is 444 g/mol. The zero-order chi connectivity index (χ0) is 17.4. The molecular formula is C24H46BrP. The molecule has 3 rings (SSSR count). The first-order valence-electron chi connectivity index (χ1n) is 12.2. The molecule has 3 aliphatic carbocycles. The van der Waals surface area contributed by atoms with E-state index in [9.17, 15) is 0 Å². The molecule has 2 heteroatoms. The molecule has 154 valence electrons. The zero-order valence-corrected chi connectivity index (χ0v) is 20.5. The van der Waals surface area contributed by atoms with Gasteiger partial charge in [-0.3, -0.25) is 0 Å². The summed E-state index contributed by atoms with van der Waals surface area (Å²) in [5.41, 5.74) is 0.829. The number of hydrogen-bond acceptors (Lipinski definition) is 0. The van der Waals surface area contributed by atoms with E-state index in [1.165, 1.54) is 57.5 Å². The van der Waals surface area contributed by atoms with Gasteiger partial charge in [0.05, 0.1) is 6.16 Å². The summed E-state index contributed by atoms with van der Waals surface area (Å²) in [4.78, 5) is 0. The van der Waals surface area contributed by atoms with E-state index in [4.69, 9.17) is 0 Å². The molecule has 3 saturated carbocycles. The summed E-state index contributed by atoms with van der Waals surface area (Å²) in [7, 11) is 2.14. The van der Waals surface area contributed by atoms with Crippen LogP contribution in [0.25, 0.3) is 0 Å². The maximum absolute atomic E-state index is 2.14. The van der Waals surface area contributed by atoms with Crippen LogP contribution in [0.3, 0.4) is 0 Å². The van der Waals surface area contributed by atoms with E-state index < -0.39 is 0 Å². The molecule has 0 heterocycles. The van der Waals surface area contributed by atoms with Crippen LogP contribution in [0.5, 0.6) is 0 Å². The van der Waals surface area contributed by atoms with Crippen LogP contribution in [-0.4, -0.2) is 6.16 Å². The summed E-state index contributed by atoms with van der Waals surface area (Å²) in [6, 6.07) is 0. The van der Waals surface area contributed by atoms with Crippen LogP contribution < -0.4 is 17.0 Å². The fraction of sp³-hybridized carbons (Fsp3) is 1.00. The van der Waals surface area contributed by atoms with Gasteiger partial charge in [0.1, 0.15) is 0 Å². The Morgan fingerprint density at radius 2 is 0.885 bits per heavy atom. The maximum atomic E-state index is 2.14. The van der Waals surface area contributed by atoms with E-state index in [1.54, 1.807) is 70.6 Å². The summed E-state index contributed by atoms with van der Waals surface area (Å²) < 4.78 is 0. The van der Waals surface area contributed by atoms with Crippen LogP contribution in [-0.2, 0) is 0 Å². The first-order valence-corrected chi connectivity index (χ1v) is 13.2. The normalized spacial score (nSPS) is 21.7. The minimum absolute atomic E-state index is 0. The van der Waals surface area contributed by atoms with Gasteiger partial charge in [0.15, 0.2) is 0 Å². The van der Waals surface area contributed by atoms with E-state index in [2.05, 4.69) is 9.24 Å². The van der Waals surface area contributed by atoms with E-state index in [0.717, 1.165) is 23.2 Å². The number of halogens is 1. The van der Waals surface area contributed by atoms with Gasteiger partial charge in [-0.1, -0.05) is 64.2 Å². The van der Waals surface area contributed by atoms with Crippen molar-refractivity contribution >= 4 is 9.24 Å². The molecule has 0 aliphatic heterocycles. The minimum atomic E-state index is 0. The van der Waals surface area contributed by atoms with Crippen molar-refractivity contribution in [3.8, 4) is 0 Å². The van der Waals surface area contributed by atoms with Gasteiger partial charge in [0, 0.05) is 0 Å². The van der Waals surface area contributed by atoms with Crippen LogP contribution >= 0.6 is 9.24 Å². The Balaban J connectivity index is 0.00000243. The molecule has 26 heavy (non-hydrogen) atoms. The smallest absolute Gasteiger partial charge is 0.0526 e. The van der Waals surface area contributed by atoms with Crippen molar-refractivity contribution in [3.63, 3.8) is 0 Å². The van der Waals surface area contributed by atoms with Crippen LogP contribution in [0.1, 0.15) is 122 Å². The van der Waals surface area contributed by atoms with Crippen molar-refractivity contribution in [1.29, 1.82) is 0 Å². The zero-order valence-electron chi connectivity index (χ0n) is 17.5. The van der Waals surface area contributed by atoms with Crippen LogP contribution in [0.2, 0.25) is 0 Å². The third-order valence-corrected chi connectivity index (χ3v) is 8.96. The molecule has 1 unspecified atom stereocenters.